The van der Waals surface area contributed by atoms with Gasteiger partial charge in [-0.1, -0.05) is 24.3 Å². The topological polar surface area (TPSA) is 60.0 Å². The van der Waals surface area contributed by atoms with Crippen LogP contribution in [0.15, 0.2) is 24.3 Å². The van der Waals surface area contributed by atoms with E-state index >= 15 is 0 Å². The molecular weight excluding hydrogens is 462 g/mol. The quantitative estimate of drug-likeness (QED) is 0.463. The first-order chi connectivity index (χ1) is 17.4. The van der Waals surface area contributed by atoms with Crippen molar-refractivity contribution >= 4 is 0 Å². The minimum absolute atomic E-state index is 0.0716. The third-order valence-corrected chi connectivity index (χ3v) is 10.9. The van der Waals surface area contributed by atoms with Crippen LogP contribution in [0.1, 0.15) is 115 Å². The summed E-state index contributed by atoms with van der Waals surface area (Å²) in [5, 5.41) is 15.2. The summed E-state index contributed by atoms with van der Waals surface area (Å²) < 4.78 is 6.91. The molecule has 0 radical (unpaired) electrons. The van der Waals surface area contributed by atoms with Gasteiger partial charge in [-0.05, 0) is 114 Å². The molecule has 2 aliphatic heterocycles. The maximum absolute atomic E-state index is 11.5. The molecule has 0 amide bonds. The number of nitrogens with one attached hydrogen (secondary N) is 1. The lowest BCUT2D eigenvalue weighted by Crippen LogP contribution is -2.64. The fraction of sp³-hybridized carbons (Fsp3) is 0.812. The molecule has 1 aromatic carbocycles. The Balaban J connectivity index is 0.985. The van der Waals surface area contributed by atoms with Crippen molar-refractivity contribution < 1.29 is 19.6 Å². The van der Waals surface area contributed by atoms with Gasteiger partial charge in [0.25, 0.3) is 0 Å². The van der Waals surface area contributed by atoms with Crippen molar-refractivity contribution in [1.82, 2.24) is 5.32 Å². The van der Waals surface area contributed by atoms with Crippen LogP contribution < -0.4 is 5.32 Å². The number of ether oxygens (including phenoxy) is 1. The number of aliphatic hydroxyl groups is 1. The predicted octanol–water partition coefficient (Wildman–Crippen LogP) is 6.39. The SMILES string of the molecule is CC1(C)CC(O)(Cc2ccc(C3CCC4(CC3)OOC3(O4)C4CC5CC(C4)CC3C5)cc2)CC(C)(C)N1. The van der Waals surface area contributed by atoms with Gasteiger partial charge in [0, 0.05) is 42.2 Å². The average Bonchev–Trinajstić information content (AvgIpc) is 3.15. The highest BCUT2D eigenvalue weighted by Crippen LogP contribution is 2.64. The first kappa shape index (κ1) is 25.0. The average molecular weight is 510 g/mol. The maximum Gasteiger partial charge on any atom is 0.210 e. The Morgan fingerprint density at radius 1 is 0.811 bits per heavy atom. The van der Waals surface area contributed by atoms with Gasteiger partial charge in [0.15, 0.2) is 0 Å². The van der Waals surface area contributed by atoms with Gasteiger partial charge >= 0.3 is 0 Å². The van der Waals surface area contributed by atoms with Gasteiger partial charge in [0.1, 0.15) is 0 Å². The van der Waals surface area contributed by atoms with Crippen LogP contribution in [0.2, 0.25) is 0 Å². The fourth-order valence-electron chi connectivity index (χ4n) is 10.3. The second-order valence-corrected chi connectivity index (χ2v) is 15.4. The number of hydrogen-bond acceptors (Lipinski definition) is 5. The third kappa shape index (κ3) is 4.41. The molecule has 0 aromatic heterocycles. The van der Waals surface area contributed by atoms with E-state index in [-0.39, 0.29) is 11.1 Å². The van der Waals surface area contributed by atoms with E-state index < -0.39 is 17.2 Å². The molecule has 5 heteroatoms. The van der Waals surface area contributed by atoms with Gasteiger partial charge in [-0.15, -0.1) is 0 Å². The van der Waals surface area contributed by atoms with Crippen LogP contribution >= 0.6 is 0 Å². The summed E-state index contributed by atoms with van der Waals surface area (Å²) in [7, 11) is 0. The van der Waals surface area contributed by atoms with Gasteiger partial charge in [0.2, 0.25) is 11.6 Å². The van der Waals surface area contributed by atoms with E-state index in [0.717, 1.165) is 50.4 Å². The van der Waals surface area contributed by atoms with Crippen molar-refractivity contribution in [3.8, 4) is 0 Å². The molecule has 204 valence electrons. The second-order valence-electron chi connectivity index (χ2n) is 15.4. The van der Waals surface area contributed by atoms with Crippen molar-refractivity contribution in [1.29, 1.82) is 0 Å². The molecule has 5 nitrogen and oxygen atoms in total. The van der Waals surface area contributed by atoms with Gasteiger partial charge in [-0.25, -0.2) is 0 Å². The van der Waals surface area contributed by atoms with E-state index in [2.05, 4.69) is 57.3 Å². The molecule has 0 atom stereocenters. The normalized spacial score (nSPS) is 45.1. The molecule has 1 aromatic rings. The van der Waals surface area contributed by atoms with Gasteiger partial charge in [-0.3, -0.25) is 0 Å². The molecule has 2 saturated heterocycles. The zero-order valence-electron chi connectivity index (χ0n) is 23.4. The highest BCUT2D eigenvalue weighted by Gasteiger charge is 2.66. The lowest BCUT2D eigenvalue weighted by molar-refractivity contribution is -0.390. The molecule has 7 aliphatic rings. The van der Waals surface area contributed by atoms with E-state index in [1.54, 1.807) is 0 Å². The van der Waals surface area contributed by atoms with Crippen LogP contribution in [0.4, 0.5) is 0 Å². The lowest BCUT2D eigenvalue weighted by atomic mass is 9.53. The highest BCUT2D eigenvalue weighted by atomic mass is 17.3. The van der Waals surface area contributed by atoms with Crippen molar-refractivity contribution in [3.05, 3.63) is 35.4 Å². The van der Waals surface area contributed by atoms with Crippen molar-refractivity contribution in [2.75, 3.05) is 0 Å². The van der Waals surface area contributed by atoms with E-state index in [1.165, 1.54) is 43.2 Å². The minimum Gasteiger partial charge on any atom is -0.389 e. The molecule has 0 unspecified atom stereocenters. The van der Waals surface area contributed by atoms with Crippen molar-refractivity contribution in [2.45, 2.75) is 139 Å². The lowest BCUT2D eigenvalue weighted by Gasteiger charge is -2.57. The summed E-state index contributed by atoms with van der Waals surface area (Å²) in [4.78, 5) is 12.4. The highest BCUT2D eigenvalue weighted by molar-refractivity contribution is 5.28. The standard InChI is InChI=1S/C32H47NO4/c1-28(2)19-30(34,20-29(3,4)33-28)18-21-5-7-24(8-6-21)25-9-11-31(12-10-25)35-32(37-36-31)26-14-22-13-23(16-26)17-27(32)15-22/h5-8,22-23,25-27,33-34H,9-20H2,1-4H3. The van der Waals surface area contributed by atoms with E-state index in [1.807, 2.05) is 0 Å². The zero-order chi connectivity index (χ0) is 25.7. The molecule has 8 rings (SSSR count). The number of rotatable bonds is 3. The molecule has 2 heterocycles. The Bertz CT molecular complexity index is 978. The number of hydrogen-bond donors (Lipinski definition) is 2. The van der Waals surface area contributed by atoms with Gasteiger partial charge < -0.3 is 15.2 Å². The molecule has 4 bridgehead atoms. The second kappa shape index (κ2) is 8.27. The summed E-state index contributed by atoms with van der Waals surface area (Å²) in [6.07, 6.45) is 12.7. The van der Waals surface area contributed by atoms with Crippen molar-refractivity contribution in [2.24, 2.45) is 23.7 Å². The van der Waals surface area contributed by atoms with E-state index in [4.69, 9.17) is 14.5 Å². The molecule has 7 fully saturated rings. The largest absolute Gasteiger partial charge is 0.389 e. The van der Waals surface area contributed by atoms with Crippen LogP contribution in [0.5, 0.6) is 0 Å². The number of piperidine rings is 1. The fourth-order valence-corrected chi connectivity index (χ4v) is 10.3. The summed E-state index contributed by atoms with van der Waals surface area (Å²) >= 11 is 0. The van der Waals surface area contributed by atoms with Crippen LogP contribution in [0.3, 0.4) is 0 Å². The Kier molecular flexibility index (Phi) is 5.59. The van der Waals surface area contributed by atoms with Crippen LogP contribution in [-0.2, 0) is 20.9 Å². The predicted molar refractivity (Wildman–Crippen MR) is 143 cm³/mol. The molecule has 5 aliphatic carbocycles. The summed E-state index contributed by atoms with van der Waals surface area (Å²) in [5.41, 5.74) is 1.81. The van der Waals surface area contributed by atoms with E-state index in [9.17, 15) is 5.11 Å². The van der Waals surface area contributed by atoms with Gasteiger partial charge in [0.05, 0.1) is 5.60 Å². The first-order valence-electron chi connectivity index (χ1n) is 15.1. The Morgan fingerprint density at radius 3 is 1.95 bits per heavy atom. The first-order valence-corrected chi connectivity index (χ1v) is 15.1. The molecule has 2 spiro atoms. The molecule has 5 saturated carbocycles. The van der Waals surface area contributed by atoms with Crippen LogP contribution in [0.25, 0.3) is 0 Å². The van der Waals surface area contributed by atoms with Crippen molar-refractivity contribution in [3.63, 3.8) is 0 Å². The third-order valence-electron chi connectivity index (χ3n) is 10.9. The van der Waals surface area contributed by atoms with Gasteiger partial charge in [-0.2, -0.15) is 9.78 Å². The molecule has 37 heavy (non-hydrogen) atoms. The summed E-state index contributed by atoms with van der Waals surface area (Å²) in [6, 6.07) is 9.08. The monoisotopic (exact) mass is 509 g/mol. The Labute approximate surface area is 222 Å². The Morgan fingerprint density at radius 2 is 1.38 bits per heavy atom. The van der Waals surface area contributed by atoms with E-state index in [0.29, 0.717) is 24.2 Å². The number of benzene rings is 1. The molecule has 2 N–H and O–H groups in total. The Hall–Kier alpha value is -0.980. The summed E-state index contributed by atoms with van der Waals surface area (Å²) in [6.45, 7) is 8.80. The smallest absolute Gasteiger partial charge is 0.210 e. The minimum atomic E-state index is -0.679. The zero-order valence-corrected chi connectivity index (χ0v) is 23.4. The van der Waals surface area contributed by atoms with Crippen LogP contribution in [0, 0.1) is 23.7 Å². The maximum atomic E-state index is 11.5. The molecular formula is C32H47NO4. The summed E-state index contributed by atoms with van der Waals surface area (Å²) in [5.74, 6) is 2.37. The van der Waals surface area contributed by atoms with Crippen LogP contribution in [-0.4, -0.2) is 33.4 Å².